The molecule has 1 atom stereocenters. The van der Waals surface area contributed by atoms with Gasteiger partial charge in [-0.1, -0.05) is 352 Å². The lowest BCUT2D eigenvalue weighted by atomic mass is 9.92. The zero-order valence-corrected chi connectivity index (χ0v) is 66.0. The maximum atomic E-state index is 6.31. The summed E-state index contributed by atoms with van der Waals surface area (Å²) in [4.78, 5) is 41.4. The lowest BCUT2D eigenvalue weighted by molar-refractivity contribution is 0.787. The first-order chi connectivity index (χ1) is 59.1. The Kier molecular flexibility index (Phi) is 19.6. The normalized spacial score (nSPS) is 11.6. The summed E-state index contributed by atoms with van der Waals surface area (Å²) in [5.41, 5.74) is 38.5. The Bertz CT molecular complexity index is 7400. The summed E-state index contributed by atoms with van der Waals surface area (Å²) in [5, 5.41) is 6.65. The molecule has 2 N–H and O–H groups in total. The van der Waals surface area contributed by atoms with Gasteiger partial charge in [-0.25, -0.2) is 34.9 Å². The van der Waals surface area contributed by atoms with Crippen LogP contribution < -0.4 is 5.73 Å². The number of hydrogen-bond acceptors (Lipinski definition) is 9. The molecule has 21 aromatic rings. The Morgan fingerprint density at radius 3 is 1.03 bits per heavy atom. The summed E-state index contributed by atoms with van der Waals surface area (Å²) >= 11 is 0. The van der Waals surface area contributed by atoms with E-state index in [2.05, 4.69) is 352 Å². The molecule has 0 aliphatic heterocycles. The molecule has 0 spiro atoms. The van der Waals surface area contributed by atoms with E-state index in [9.17, 15) is 0 Å². The predicted molar refractivity (Wildman–Crippen MR) is 496 cm³/mol. The summed E-state index contributed by atoms with van der Waals surface area (Å²) in [6.07, 6.45) is 0. The predicted octanol–water partition coefficient (Wildman–Crippen LogP) is 28.0. The molecule has 0 saturated heterocycles. The van der Waals surface area contributed by atoms with Gasteiger partial charge in [0.2, 0.25) is 0 Å². The van der Waals surface area contributed by atoms with Crippen LogP contribution in [0.3, 0.4) is 0 Å². The van der Waals surface area contributed by atoms with Crippen molar-refractivity contribution in [3.8, 4) is 157 Å². The highest BCUT2D eigenvalue weighted by molar-refractivity contribution is 6.13. The van der Waals surface area contributed by atoms with Crippen LogP contribution in [0.15, 0.2) is 413 Å². The smallest absolute Gasteiger partial charge is 0.160 e. The minimum atomic E-state index is -0.192. The molecule has 0 amide bonds. The number of nitrogens with two attached hydrogens (primary N) is 1. The second-order valence-electron chi connectivity index (χ2n) is 30.4. The Morgan fingerprint density at radius 1 is 0.192 bits per heavy atom. The highest BCUT2D eigenvalue weighted by atomic mass is 14.9. The van der Waals surface area contributed by atoms with Gasteiger partial charge in [-0.2, -0.15) is 0 Å². The molecule has 9 heteroatoms. The molecule has 21 rings (SSSR count). The monoisotopic (exact) mass is 1540 g/mol. The molecule has 9 nitrogen and oxygen atoms in total. The molecule has 0 saturated carbocycles. The molecule has 120 heavy (non-hydrogen) atoms. The van der Waals surface area contributed by atoms with E-state index >= 15 is 0 Å². The Hall–Kier alpha value is -15.7. The van der Waals surface area contributed by atoms with Crippen LogP contribution in [0.4, 0.5) is 0 Å². The quantitative estimate of drug-likeness (QED) is 0.0998. The van der Waals surface area contributed by atoms with Gasteiger partial charge in [0.15, 0.2) is 11.6 Å². The van der Waals surface area contributed by atoms with E-state index in [1.807, 2.05) is 74.5 Å². The maximum Gasteiger partial charge on any atom is 0.160 e. The number of aromatic nitrogens is 8. The lowest BCUT2D eigenvalue weighted by Gasteiger charge is -2.15. The highest BCUT2D eigenvalue weighted by Gasteiger charge is 2.21. The van der Waals surface area contributed by atoms with Crippen LogP contribution in [-0.2, 0) is 0 Å². The van der Waals surface area contributed by atoms with Crippen molar-refractivity contribution >= 4 is 54.4 Å². The number of fused-ring (bicyclic) bond motifs is 7. The van der Waals surface area contributed by atoms with Gasteiger partial charge in [0.1, 0.15) is 0 Å². The number of rotatable bonds is 15. The van der Waals surface area contributed by atoms with E-state index in [-0.39, 0.29) is 6.04 Å². The van der Waals surface area contributed by atoms with Crippen molar-refractivity contribution < 1.29 is 0 Å². The van der Waals surface area contributed by atoms with Crippen LogP contribution >= 0.6 is 0 Å². The standard InChI is InChI=1S/C57H38N4.C54H39N5/c1-37-25-26-42-31-32-50-51(49-24-12-18-40-15-8-9-23-48(40)49)35-52(59-56(50)55(42)58-37)46-21-10-19-44(33-46)45-20-11-22-47(34-45)54-36-53(60-57(61-54)43-16-6-3-7-17-43)41-29-27-39(28-30-41)38-13-4-2-5-14-38;1-35(55)48-30-28-41-27-29-46-47(38-15-7-3-8-16-38)33-49(57-53(46)52(41)56-48)44-21-11-19-42(31-44)43-20-12-22-45(32-43)54-58-50(39-17-9-4-10-18-39)34-51(59-54)40-25-23-37(24-26-40)36-13-5-2-6-14-36/h2-36H,1H3;2-35H,55H2,1H3. The summed E-state index contributed by atoms with van der Waals surface area (Å²) in [7, 11) is 0. The maximum absolute atomic E-state index is 6.31. The number of pyridine rings is 4. The molecule has 0 aliphatic carbocycles. The molecule has 6 aromatic heterocycles. The van der Waals surface area contributed by atoms with Crippen molar-refractivity contribution in [3.63, 3.8) is 0 Å². The average Bonchev–Trinajstić information content (AvgIpc) is 0.746. The number of hydrogen-bond donors (Lipinski definition) is 1. The van der Waals surface area contributed by atoms with E-state index in [4.69, 9.17) is 45.6 Å². The third-order valence-electron chi connectivity index (χ3n) is 22.5. The first-order valence-electron chi connectivity index (χ1n) is 40.5. The highest BCUT2D eigenvalue weighted by Crippen LogP contribution is 2.43. The molecule has 0 bridgehead atoms. The second kappa shape index (κ2) is 32.2. The van der Waals surface area contributed by atoms with Gasteiger partial charge >= 0.3 is 0 Å². The Balaban J connectivity index is 0.000000153. The van der Waals surface area contributed by atoms with E-state index in [0.717, 1.165) is 178 Å². The first-order valence-corrected chi connectivity index (χ1v) is 40.5. The first kappa shape index (κ1) is 73.2. The van der Waals surface area contributed by atoms with Gasteiger partial charge in [-0.3, -0.25) is 4.98 Å². The minimum absolute atomic E-state index is 0.192. The molecule has 566 valence electrons. The zero-order chi connectivity index (χ0) is 80.4. The Labute approximate surface area is 696 Å². The van der Waals surface area contributed by atoms with E-state index in [1.54, 1.807) is 0 Å². The van der Waals surface area contributed by atoms with E-state index in [0.29, 0.717) is 11.6 Å². The SMILES string of the molecule is CC(N)c1ccc2ccc3c(-c4ccccc4)cc(-c4cccc(-c5cccc(-c6nc(-c7ccccc7)cc(-c7ccc(-c8ccccc8)cc7)n6)c5)c4)nc3c2n1.Cc1ccc2ccc3c(-c4cccc5ccccc45)cc(-c4cccc(-c5cccc(-c6cc(-c7ccc(-c8ccccc8)cc7)nc(-c7ccccc7)n6)c5)c4)nc3c2n1. The van der Waals surface area contributed by atoms with Crippen molar-refractivity contribution in [1.29, 1.82) is 0 Å². The zero-order valence-electron chi connectivity index (χ0n) is 66.0. The summed E-state index contributed by atoms with van der Waals surface area (Å²) < 4.78 is 0. The molecule has 1 unspecified atom stereocenters. The van der Waals surface area contributed by atoms with Crippen LogP contribution in [-0.4, -0.2) is 39.9 Å². The second-order valence-corrected chi connectivity index (χ2v) is 30.4. The minimum Gasteiger partial charge on any atom is -0.323 e. The van der Waals surface area contributed by atoms with Crippen LogP contribution in [0.5, 0.6) is 0 Å². The molecule has 0 aliphatic rings. The average molecular weight is 1540 g/mol. The number of aryl methyl sites for hydroxylation is 1. The summed E-state index contributed by atoms with van der Waals surface area (Å²) in [6, 6.07) is 144. The van der Waals surface area contributed by atoms with Gasteiger partial charge < -0.3 is 5.73 Å². The van der Waals surface area contributed by atoms with Gasteiger partial charge in [0, 0.05) is 77.8 Å². The summed E-state index contributed by atoms with van der Waals surface area (Å²) in [6.45, 7) is 4.00. The van der Waals surface area contributed by atoms with Gasteiger partial charge in [-0.15, -0.1) is 0 Å². The third-order valence-corrected chi connectivity index (χ3v) is 22.5. The molecule has 0 fully saturated rings. The number of nitrogens with zero attached hydrogens (tertiary/aromatic N) is 8. The summed E-state index contributed by atoms with van der Waals surface area (Å²) in [5.74, 6) is 1.36. The third kappa shape index (κ3) is 14.9. The lowest BCUT2D eigenvalue weighted by Crippen LogP contribution is -2.07. The van der Waals surface area contributed by atoms with Crippen LogP contribution in [0.25, 0.3) is 211 Å². The van der Waals surface area contributed by atoms with Crippen molar-refractivity contribution in [2.45, 2.75) is 19.9 Å². The molecule has 0 radical (unpaired) electrons. The van der Waals surface area contributed by atoms with E-state index < -0.39 is 0 Å². The molecular formula is C111H77N9. The van der Waals surface area contributed by atoms with E-state index in [1.165, 1.54) is 33.0 Å². The fourth-order valence-corrected chi connectivity index (χ4v) is 16.2. The molecule has 6 heterocycles. The van der Waals surface area contributed by atoms with Crippen molar-refractivity contribution in [3.05, 3.63) is 424 Å². The largest absolute Gasteiger partial charge is 0.323 e. The van der Waals surface area contributed by atoms with Crippen LogP contribution in [0, 0.1) is 6.92 Å². The fraction of sp³-hybridized carbons (Fsp3) is 0.0270. The number of benzene rings is 15. The fourth-order valence-electron chi connectivity index (χ4n) is 16.2. The van der Waals surface area contributed by atoms with Gasteiger partial charge in [-0.05, 0) is 152 Å². The topological polar surface area (TPSA) is 129 Å². The van der Waals surface area contributed by atoms with Crippen molar-refractivity contribution in [1.82, 2.24) is 39.9 Å². The molecular weight excluding hydrogens is 1460 g/mol. The van der Waals surface area contributed by atoms with Crippen molar-refractivity contribution in [2.24, 2.45) is 5.73 Å². The Morgan fingerprint density at radius 2 is 0.525 bits per heavy atom. The van der Waals surface area contributed by atoms with Crippen molar-refractivity contribution in [2.75, 3.05) is 0 Å². The van der Waals surface area contributed by atoms with Crippen LogP contribution in [0.2, 0.25) is 0 Å². The van der Waals surface area contributed by atoms with Crippen LogP contribution in [0.1, 0.15) is 24.4 Å². The van der Waals surface area contributed by atoms with Gasteiger partial charge in [0.25, 0.3) is 0 Å². The van der Waals surface area contributed by atoms with Gasteiger partial charge in [0.05, 0.1) is 61.9 Å². The molecule has 15 aromatic carbocycles.